The number of rotatable bonds is 2. The predicted octanol–water partition coefficient (Wildman–Crippen LogP) is -1.30. The topological polar surface area (TPSA) is 119 Å². The van der Waals surface area contributed by atoms with Crippen LogP contribution in [0.4, 0.5) is 5.82 Å². The van der Waals surface area contributed by atoms with E-state index in [4.69, 9.17) is 15.6 Å². The number of nitrogens with two attached hydrogens (primary N) is 1. The largest absolute Gasteiger partial charge is 0.394 e. The molecule has 1 saturated heterocycles. The highest BCUT2D eigenvalue weighted by atomic mass is 16.5. The van der Waals surface area contributed by atoms with Crippen molar-refractivity contribution >= 4 is 17.0 Å². The summed E-state index contributed by atoms with van der Waals surface area (Å²) in [5, 5.41) is 19.1. The maximum absolute atomic E-state index is 10.0. The Bertz CT molecular complexity index is 572. The molecule has 0 bridgehead atoms. The molecule has 8 nitrogen and oxygen atoms in total. The Morgan fingerprint density at radius 1 is 1.44 bits per heavy atom. The highest BCUT2D eigenvalue weighted by molar-refractivity contribution is 5.81. The van der Waals surface area contributed by atoms with Crippen LogP contribution in [0, 0.1) is 0 Å². The van der Waals surface area contributed by atoms with E-state index >= 15 is 0 Å². The van der Waals surface area contributed by atoms with Gasteiger partial charge in [-0.15, -0.1) is 0 Å². The van der Waals surface area contributed by atoms with Crippen molar-refractivity contribution in [1.29, 1.82) is 0 Å². The molecule has 0 spiro atoms. The summed E-state index contributed by atoms with van der Waals surface area (Å²) >= 11 is 0. The molecule has 3 heterocycles. The maximum atomic E-state index is 10.0. The molecular formula is C10H13N5O3. The molecule has 2 aromatic rings. The Labute approximate surface area is 102 Å². The molecule has 0 radical (unpaired) electrons. The molecule has 0 amide bonds. The first-order chi connectivity index (χ1) is 8.72. The summed E-state index contributed by atoms with van der Waals surface area (Å²) in [6, 6.07) is -0.332. The number of fused-ring (bicyclic) bond motifs is 1. The van der Waals surface area contributed by atoms with E-state index in [1.165, 1.54) is 6.33 Å². The smallest absolute Gasteiger partial charge is 0.165 e. The Kier molecular flexibility index (Phi) is 2.62. The zero-order valence-corrected chi connectivity index (χ0v) is 9.47. The molecule has 18 heavy (non-hydrogen) atoms. The third-order valence-corrected chi connectivity index (χ3v) is 3.18. The van der Waals surface area contributed by atoms with Gasteiger partial charge in [-0.2, -0.15) is 0 Å². The van der Waals surface area contributed by atoms with Gasteiger partial charge in [-0.25, -0.2) is 15.0 Å². The van der Waals surface area contributed by atoms with Gasteiger partial charge in [0.15, 0.2) is 11.5 Å². The highest BCUT2D eigenvalue weighted by Crippen LogP contribution is 2.28. The van der Waals surface area contributed by atoms with Gasteiger partial charge in [0, 0.05) is 0 Å². The third-order valence-electron chi connectivity index (χ3n) is 3.18. The van der Waals surface area contributed by atoms with E-state index in [2.05, 4.69) is 15.0 Å². The zero-order chi connectivity index (χ0) is 12.7. The van der Waals surface area contributed by atoms with Gasteiger partial charge >= 0.3 is 0 Å². The molecule has 1 fully saturated rings. The average molecular weight is 251 g/mol. The fourth-order valence-corrected chi connectivity index (χ4v) is 2.19. The zero-order valence-electron chi connectivity index (χ0n) is 9.47. The maximum Gasteiger partial charge on any atom is 0.165 e. The molecule has 8 heteroatoms. The summed E-state index contributed by atoms with van der Waals surface area (Å²) in [4.78, 5) is 12.1. The van der Waals surface area contributed by atoms with Crippen LogP contribution in [0.5, 0.6) is 0 Å². The number of hydrogen-bond donors (Lipinski definition) is 3. The number of aliphatic hydroxyl groups excluding tert-OH is 2. The Hall–Kier alpha value is -1.77. The molecular weight excluding hydrogens is 238 g/mol. The van der Waals surface area contributed by atoms with Gasteiger partial charge in [0.2, 0.25) is 0 Å². The van der Waals surface area contributed by atoms with Crippen molar-refractivity contribution in [2.45, 2.75) is 18.2 Å². The lowest BCUT2D eigenvalue weighted by Gasteiger charge is -2.17. The second kappa shape index (κ2) is 4.16. The molecule has 96 valence electrons. The highest BCUT2D eigenvalue weighted by Gasteiger charge is 2.37. The normalized spacial score (nSPS) is 28.0. The minimum Gasteiger partial charge on any atom is -0.394 e. The van der Waals surface area contributed by atoms with Crippen molar-refractivity contribution < 1.29 is 14.9 Å². The van der Waals surface area contributed by atoms with Crippen LogP contribution in [0.25, 0.3) is 11.2 Å². The Balaban J connectivity index is 2.03. The standard InChI is InChI=1S/C10H13N5O3/c11-9-7-10(13-3-12-9)15(4-14-7)5-2-18-6(1-16)8(5)17/h3-6,8,16-17H,1-2H2,(H2,11,12,13)/t5-,6-,8+/m1/s1. The first kappa shape index (κ1) is 11.3. The van der Waals surface area contributed by atoms with E-state index in [1.54, 1.807) is 10.9 Å². The number of hydrogen-bond acceptors (Lipinski definition) is 7. The number of imidazole rings is 1. The van der Waals surface area contributed by atoms with Crippen molar-refractivity contribution in [1.82, 2.24) is 19.5 Å². The molecule has 3 rings (SSSR count). The average Bonchev–Trinajstić information content (AvgIpc) is 2.93. The van der Waals surface area contributed by atoms with Crippen LogP contribution in [-0.4, -0.2) is 55.2 Å². The van der Waals surface area contributed by atoms with Crippen LogP contribution in [-0.2, 0) is 4.74 Å². The van der Waals surface area contributed by atoms with Gasteiger partial charge in [-0.1, -0.05) is 0 Å². The summed E-state index contributed by atoms with van der Waals surface area (Å²) in [5.74, 6) is 0.297. The number of nitrogens with zero attached hydrogens (tertiary/aromatic N) is 4. The van der Waals surface area contributed by atoms with Gasteiger partial charge in [0.25, 0.3) is 0 Å². The van der Waals surface area contributed by atoms with Crippen LogP contribution in [0.3, 0.4) is 0 Å². The lowest BCUT2D eigenvalue weighted by Crippen LogP contribution is -2.30. The minimum absolute atomic E-state index is 0.221. The predicted molar refractivity (Wildman–Crippen MR) is 61.6 cm³/mol. The Morgan fingerprint density at radius 3 is 3.00 bits per heavy atom. The summed E-state index contributed by atoms with van der Waals surface area (Å²) in [6.07, 6.45) is 1.52. The van der Waals surface area contributed by atoms with Crippen LogP contribution in [0.2, 0.25) is 0 Å². The van der Waals surface area contributed by atoms with Gasteiger partial charge in [-0.05, 0) is 0 Å². The summed E-state index contributed by atoms with van der Waals surface area (Å²) in [6.45, 7) is 0.0726. The SMILES string of the molecule is Nc1ncnc2c1ncn2[C@@H]1CO[C@H](CO)[C@H]1O. The van der Waals surface area contributed by atoms with Crippen LogP contribution in [0.15, 0.2) is 12.7 Å². The van der Waals surface area contributed by atoms with Crippen LogP contribution < -0.4 is 5.73 Å². The molecule has 3 atom stereocenters. The molecule has 4 N–H and O–H groups in total. The second-order valence-electron chi connectivity index (χ2n) is 4.20. The number of anilines is 1. The quantitative estimate of drug-likeness (QED) is 0.607. The molecule has 0 unspecified atom stereocenters. The lowest BCUT2D eigenvalue weighted by molar-refractivity contribution is 0.00206. The van der Waals surface area contributed by atoms with Crippen molar-refractivity contribution in [3.63, 3.8) is 0 Å². The summed E-state index contributed by atoms with van der Waals surface area (Å²) < 4.78 is 7.01. The third kappa shape index (κ3) is 1.54. The summed E-state index contributed by atoms with van der Waals surface area (Å²) in [5.41, 5.74) is 6.74. The fraction of sp³-hybridized carbons (Fsp3) is 0.500. The van der Waals surface area contributed by atoms with Crippen molar-refractivity contribution in [3.8, 4) is 0 Å². The monoisotopic (exact) mass is 251 g/mol. The van der Waals surface area contributed by atoms with Gasteiger partial charge < -0.3 is 25.3 Å². The van der Waals surface area contributed by atoms with Gasteiger partial charge in [0.05, 0.1) is 25.6 Å². The molecule has 1 aliphatic rings. The van der Waals surface area contributed by atoms with E-state index in [-0.39, 0.29) is 12.6 Å². The van der Waals surface area contributed by atoms with E-state index in [0.717, 1.165) is 0 Å². The number of nitrogen functional groups attached to an aromatic ring is 1. The van der Waals surface area contributed by atoms with Gasteiger partial charge in [0.1, 0.15) is 24.1 Å². The number of aromatic nitrogens is 4. The van der Waals surface area contributed by atoms with Crippen molar-refractivity contribution in [2.75, 3.05) is 18.9 Å². The van der Waals surface area contributed by atoms with Crippen LogP contribution >= 0.6 is 0 Å². The minimum atomic E-state index is -0.802. The first-order valence-electron chi connectivity index (χ1n) is 5.56. The molecule has 0 aliphatic carbocycles. The molecule has 1 aliphatic heterocycles. The number of aliphatic hydroxyl groups is 2. The Morgan fingerprint density at radius 2 is 2.28 bits per heavy atom. The molecule has 2 aromatic heterocycles. The van der Waals surface area contributed by atoms with Crippen molar-refractivity contribution in [2.24, 2.45) is 0 Å². The van der Waals surface area contributed by atoms with E-state index in [1.807, 2.05) is 0 Å². The second-order valence-corrected chi connectivity index (χ2v) is 4.20. The van der Waals surface area contributed by atoms with E-state index in [9.17, 15) is 5.11 Å². The lowest BCUT2D eigenvalue weighted by atomic mass is 10.1. The first-order valence-corrected chi connectivity index (χ1v) is 5.56. The van der Waals surface area contributed by atoms with E-state index in [0.29, 0.717) is 23.6 Å². The number of ether oxygens (including phenoxy) is 1. The fourth-order valence-electron chi connectivity index (χ4n) is 2.19. The van der Waals surface area contributed by atoms with Crippen molar-refractivity contribution in [3.05, 3.63) is 12.7 Å². The van der Waals surface area contributed by atoms with Crippen LogP contribution in [0.1, 0.15) is 6.04 Å². The molecule has 0 aromatic carbocycles. The molecule has 0 saturated carbocycles. The van der Waals surface area contributed by atoms with Gasteiger partial charge in [-0.3, -0.25) is 0 Å². The summed E-state index contributed by atoms with van der Waals surface area (Å²) in [7, 11) is 0. The van der Waals surface area contributed by atoms with E-state index < -0.39 is 12.2 Å².